The van der Waals surface area contributed by atoms with Gasteiger partial charge in [0, 0.05) is 6.54 Å². The predicted molar refractivity (Wildman–Crippen MR) is 74.9 cm³/mol. The number of nitrogens with zero attached hydrogens (tertiary/aromatic N) is 2. The molecule has 1 heterocycles. The summed E-state index contributed by atoms with van der Waals surface area (Å²) in [7, 11) is 0. The summed E-state index contributed by atoms with van der Waals surface area (Å²) in [6.07, 6.45) is 1.97. The number of nitrogens with one attached hydrogen (secondary N) is 1. The first-order valence-corrected chi connectivity index (χ1v) is 6.59. The lowest BCUT2D eigenvalue weighted by Crippen LogP contribution is -2.26. The van der Waals surface area contributed by atoms with Crippen LogP contribution in [0, 0.1) is 0 Å². The van der Waals surface area contributed by atoms with Gasteiger partial charge in [-0.1, -0.05) is 41.9 Å². The molecule has 1 amide bonds. The van der Waals surface area contributed by atoms with Gasteiger partial charge in [0.25, 0.3) is 0 Å². The maximum absolute atomic E-state index is 11.8. The van der Waals surface area contributed by atoms with E-state index in [-0.39, 0.29) is 5.91 Å². The van der Waals surface area contributed by atoms with E-state index in [1.807, 2.05) is 37.3 Å². The Morgan fingerprint density at radius 1 is 1.37 bits per heavy atom. The number of aromatic nitrogens is 2. The van der Waals surface area contributed by atoms with Crippen molar-refractivity contribution in [3.05, 3.63) is 52.8 Å². The number of carbonyl (C=O) groups excluding carboxylic acids is 1. The van der Waals surface area contributed by atoms with E-state index in [9.17, 15) is 4.79 Å². The van der Waals surface area contributed by atoms with Crippen LogP contribution in [0.15, 0.2) is 36.5 Å². The molecule has 19 heavy (non-hydrogen) atoms. The number of hydrogen-bond acceptors (Lipinski definition) is 2. The van der Waals surface area contributed by atoms with E-state index in [0.717, 1.165) is 17.8 Å². The van der Waals surface area contributed by atoms with Gasteiger partial charge in [-0.05, 0) is 12.5 Å². The fourth-order valence-corrected chi connectivity index (χ4v) is 2.07. The summed E-state index contributed by atoms with van der Waals surface area (Å²) in [5.41, 5.74) is 1.83. The van der Waals surface area contributed by atoms with Crippen LogP contribution in [0.5, 0.6) is 0 Å². The lowest BCUT2D eigenvalue weighted by atomic mass is 10.1. The fraction of sp³-hybridized carbons (Fsp3) is 0.286. The van der Waals surface area contributed by atoms with Gasteiger partial charge in [0.1, 0.15) is 0 Å². The predicted octanol–water partition coefficient (Wildman–Crippen LogP) is 2.42. The molecule has 100 valence electrons. The van der Waals surface area contributed by atoms with Crippen LogP contribution in [0.1, 0.15) is 18.2 Å². The SMILES string of the molecule is CCn1ncc(Cl)c1CNC(=O)Cc1ccccc1. The smallest absolute Gasteiger partial charge is 0.224 e. The van der Waals surface area contributed by atoms with E-state index in [1.54, 1.807) is 10.9 Å². The molecule has 0 aliphatic carbocycles. The number of amides is 1. The van der Waals surface area contributed by atoms with Gasteiger partial charge in [-0.3, -0.25) is 9.48 Å². The van der Waals surface area contributed by atoms with Gasteiger partial charge < -0.3 is 5.32 Å². The van der Waals surface area contributed by atoms with Crippen LogP contribution in [-0.4, -0.2) is 15.7 Å². The third-order valence-electron chi connectivity index (χ3n) is 2.86. The fourth-order valence-electron chi connectivity index (χ4n) is 1.86. The van der Waals surface area contributed by atoms with Crippen LogP contribution in [0.2, 0.25) is 5.02 Å². The van der Waals surface area contributed by atoms with Crippen LogP contribution in [-0.2, 0) is 24.3 Å². The highest BCUT2D eigenvalue weighted by Gasteiger charge is 2.09. The summed E-state index contributed by atoms with van der Waals surface area (Å²) in [4.78, 5) is 11.8. The third-order valence-corrected chi connectivity index (χ3v) is 3.17. The van der Waals surface area contributed by atoms with E-state index in [4.69, 9.17) is 11.6 Å². The largest absolute Gasteiger partial charge is 0.350 e. The topological polar surface area (TPSA) is 46.9 Å². The molecular formula is C14H16ClN3O. The number of aryl methyl sites for hydroxylation is 1. The minimum atomic E-state index is -0.0221. The maximum atomic E-state index is 11.8. The zero-order chi connectivity index (χ0) is 13.7. The maximum Gasteiger partial charge on any atom is 0.224 e. The van der Waals surface area contributed by atoms with Gasteiger partial charge >= 0.3 is 0 Å². The molecule has 0 unspecified atom stereocenters. The second kappa shape index (κ2) is 6.38. The Hall–Kier alpha value is -1.81. The first-order valence-electron chi connectivity index (χ1n) is 6.21. The second-order valence-corrected chi connectivity index (χ2v) is 4.60. The lowest BCUT2D eigenvalue weighted by Gasteiger charge is -2.08. The number of halogens is 1. The van der Waals surface area contributed by atoms with Crippen molar-refractivity contribution < 1.29 is 4.79 Å². The van der Waals surface area contributed by atoms with Gasteiger partial charge in [0.2, 0.25) is 5.91 Å². The number of carbonyl (C=O) groups is 1. The highest BCUT2D eigenvalue weighted by molar-refractivity contribution is 6.31. The second-order valence-electron chi connectivity index (χ2n) is 4.19. The van der Waals surface area contributed by atoms with Crippen molar-refractivity contribution in [2.24, 2.45) is 0 Å². The summed E-state index contributed by atoms with van der Waals surface area (Å²) >= 11 is 6.03. The monoisotopic (exact) mass is 277 g/mol. The molecule has 0 radical (unpaired) electrons. The Morgan fingerprint density at radius 3 is 2.79 bits per heavy atom. The molecule has 0 spiro atoms. The minimum Gasteiger partial charge on any atom is -0.350 e. The molecule has 0 saturated carbocycles. The van der Waals surface area contributed by atoms with E-state index < -0.39 is 0 Å². The van der Waals surface area contributed by atoms with E-state index >= 15 is 0 Å². The quantitative estimate of drug-likeness (QED) is 0.912. The number of benzene rings is 1. The molecule has 5 heteroatoms. The summed E-state index contributed by atoms with van der Waals surface area (Å²) in [6.45, 7) is 3.12. The first-order chi connectivity index (χ1) is 9.20. The summed E-state index contributed by atoms with van der Waals surface area (Å²) in [5.74, 6) is -0.0221. The molecule has 0 fully saturated rings. The molecule has 4 nitrogen and oxygen atoms in total. The van der Waals surface area contributed by atoms with Crippen molar-refractivity contribution >= 4 is 17.5 Å². The highest BCUT2D eigenvalue weighted by Crippen LogP contribution is 2.14. The van der Waals surface area contributed by atoms with Crippen molar-refractivity contribution in [1.29, 1.82) is 0 Å². The van der Waals surface area contributed by atoms with Crippen LogP contribution in [0.4, 0.5) is 0 Å². The Labute approximate surface area is 117 Å². The van der Waals surface area contributed by atoms with Gasteiger partial charge in [-0.25, -0.2) is 0 Å². The number of rotatable bonds is 5. The molecule has 0 bridgehead atoms. The van der Waals surface area contributed by atoms with Crippen LogP contribution in [0.3, 0.4) is 0 Å². The number of hydrogen-bond donors (Lipinski definition) is 1. The van der Waals surface area contributed by atoms with Crippen LogP contribution < -0.4 is 5.32 Å². The molecular weight excluding hydrogens is 262 g/mol. The van der Waals surface area contributed by atoms with Crippen LogP contribution in [0.25, 0.3) is 0 Å². The van der Waals surface area contributed by atoms with Gasteiger partial charge in [-0.2, -0.15) is 5.10 Å². The Kier molecular flexibility index (Phi) is 4.58. The lowest BCUT2D eigenvalue weighted by molar-refractivity contribution is -0.120. The zero-order valence-corrected chi connectivity index (χ0v) is 11.5. The molecule has 0 atom stereocenters. The standard InChI is InChI=1S/C14H16ClN3O/c1-2-18-13(12(15)9-17-18)10-16-14(19)8-11-6-4-3-5-7-11/h3-7,9H,2,8,10H2,1H3,(H,16,19). The summed E-state index contributed by atoms with van der Waals surface area (Å²) < 4.78 is 1.78. The molecule has 0 aliphatic heterocycles. The first kappa shape index (κ1) is 13.6. The van der Waals surface area contributed by atoms with Crippen molar-refractivity contribution in [3.8, 4) is 0 Å². The third kappa shape index (κ3) is 3.58. The molecule has 0 saturated heterocycles. The van der Waals surface area contributed by atoms with Gasteiger partial charge in [0.05, 0.1) is 29.9 Å². The Bertz CT molecular complexity index is 551. The van der Waals surface area contributed by atoms with E-state index in [1.165, 1.54) is 0 Å². The average molecular weight is 278 g/mol. The van der Waals surface area contributed by atoms with Gasteiger partial charge in [0.15, 0.2) is 0 Å². The highest BCUT2D eigenvalue weighted by atomic mass is 35.5. The molecule has 0 aliphatic rings. The average Bonchev–Trinajstić information content (AvgIpc) is 2.78. The molecule has 1 N–H and O–H groups in total. The molecule has 2 rings (SSSR count). The zero-order valence-electron chi connectivity index (χ0n) is 10.8. The van der Waals surface area contributed by atoms with Crippen LogP contribution >= 0.6 is 11.6 Å². The normalized spacial score (nSPS) is 10.4. The van der Waals surface area contributed by atoms with Crippen molar-refractivity contribution in [2.75, 3.05) is 0 Å². The van der Waals surface area contributed by atoms with E-state index in [2.05, 4.69) is 10.4 Å². The Morgan fingerprint density at radius 2 is 2.11 bits per heavy atom. The summed E-state index contributed by atoms with van der Waals surface area (Å²) in [5, 5.41) is 7.58. The van der Waals surface area contributed by atoms with Crippen molar-refractivity contribution in [2.45, 2.75) is 26.4 Å². The summed E-state index contributed by atoms with van der Waals surface area (Å²) in [6, 6.07) is 9.64. The van der Waals surface area contributed by atoms with E-state index in [0.29, 0.717) is 18.0 Å². The molecule has 2 aromatic rings. The van der Waals surface area contributed by atoms with Crippen molar-refractivity contribution in [3.63, 3.8) is 0 Å². The molecule has 1 aromatic carbocycles. The van der Waals surface area contributed by atoms with Gasteiger partial charge in [-0.15, -0.1) is 0 Å². The minimum absolute atomic E-state index is 0.0221. The molecule has 1 aromatic heterocycles. The Balaban J connectivity index is 1.92. The van der Waals surface area contributed by atoms with Crippen molar-refractivity contribution in [1.82, 2.24) is 15.1 Å².